The Bertz CT molecular complexity index is 2190. The Kier molecular flexibility index (Phi) is 26.5. The van der Waals surface area contributed by atoms with Crippen molar-refractivity contribution in [2.24, 2.45) is 29.0 Å². The first-order valence-corrected chi connectivity index (χ1v) is 27.1. The van der Waals surface area contributed by atoms with Gasteiger partial charge in [-0.3, -0.25) is 54.0 Å². The lowest BCUT2D eigenvalue weighted by atomic mass is 9.83. The molecule has 75 heavy (non-hydrogen) atoms. The second-order valence-corrected chi connectivity index (χ2v) is 21.9. The van der Waals surface area contributed by atoms with Crippen LogP contribution < -0.4 is 70.4 Å². The first-order valence-electron chi connectivity index (χ1n) is 24.6. The largest absolute Gasteiger partial charge is 0.508 e. The number of aliphatic hydroxyl groups is 1. The number of nitrogens with two attached hydrogens (primary N) is 3. The number of carbonyl (C=O) groups excluding carboxylic acids is 9. The fourth-order valence-corrected chi connectivity index (χ4v) is 10.2. The summed E-state index contributed by atoms with van der Waals surface area (Å²) in [5, 5.41) is 62.3. The van der Waals surface area contributed by atoms with Gasteiger partial charge >= 0.3 is 0 Å². The van der Waals surface area contributed by atoms with Crippen molar-refractivity contribution in [3.05, 3.63) is 29.8 Å². The molecule has 1 fully saturated rings. The normalized spacial score (nSPS) is 23.9. The van der Waals surface area contributed by atoms with E-state index in [-0.39, 0.29) is 86.7 Å². The molecule has 28 heteroatoms. The summed E-state index contributed by atoms with van der Waals surface area (Å²) in [6.07, 6.45) is -1.26. The summed E-state index contributed by atoms with van der Waals surface area (Å²) >= 11 is 0. The number of rotatable bonds is 21. The van der Waals surface area contributed by atoms with Crippen molar-refractivity contribution >= 4 is 86.7 Å². The van der Waals surface area contributed by atoms with Crippen LogP contribution in [-0.4, -0.2) is 153 Å². The van der Waals surface area contributed by atoms with E-state index >= 15 is 0 Å². The lowest BCUT2D eigenvalue weighted by molar-refractivity contribution is -0.141. The summed E-state index contributed by atoms with van der Waals surface area (Å²) in [5.74, 6) is -9.63. The molecule has 1 heterocycles. The van der Waals surface area contributed by atoms with Crippen molar-refractivity contribution in [2.75, 3.05) is 24.6 Å². The molecule has 0 bridgehead atoms. The van der Waals surface area contributed by atoms with E-state index in [2.05, 4.69) is 53.2 Å². The van der Waals surface area contributed by atoms with Crippen LogP contribution in [-0.2, 0) is 49.6 Å². The second-order valence-electron chi connectivity index (χ2n) is 19.4. The number of phenols is 1. The van der Waals surface area contributed by atoms with Gasteiger partial charge in [-0.15, -0.1) is 0 Å². The van der Waals surface area contributed by atoms with E-state index in [4.69, 9.17) is 28.0 Å². The van der Waals surface area contributed by atoms with E-state index in [1.807, 2.05) is 13.8 Å². The summed E-state index contributed by atoms with van der Waals surface area (Å²) in [5.41, 5.74) is 13.4. The Morgan fingerprint density at radius 2 is 1.39 bits per heavy atom. The maximum Gasteiger partial charge on any atom is 0.247 e. The second kappa shape index (κ2) is 30.7. The molecule has 420 valence electrons. The third-order valence-corrected chi connectivity index (χ3v) is 15.0. The maximum absolute atomic E-state index is 14.8. The maximum atomic E-state index is 14.8. The van der Waals surface area contributed by atoms with E-state index in [0.29, 0.717) is 12.0 Å². The summed E-state index contributed by atoms with van der Waals surface area (Å²) in [7, 11) is 2.00. The fraction of sp³-hybridized carbons (Fsp3) is 0.638. The van der Waals surface area contributed by atoms with Gasteiger partial charge in [0.2, 0.25) is 53.2 Å². The average Bonchev–Trinajstić information content (AvgIpc) is 3.32. The third kappa shape index (κ3) is 21.7. The molecule has 0 radical (unpaired) electrons. The highest BCUT2D eigenvalue weighted by Gasteiger charge is 2.45. The smallest absolute Gasteiger partial charge is 0.247 e. The predicted octanol–water partition coefficient (Wildman–Crippen LogP) is -2.51. The number of aliphatic hydroxyl groups excluding tert-OH is 1. The molecular formula is C47H79N15O11S2. The highest BCUT2D eigenvalue weighted by molar-refractivity contribution is 8.76. The minimum absolute atomic E-state index is 0.0394. The number of guanidine groups is 2. The van der Waals surface area contributed by atoms with Crippen LogP contribution in [0.4, 0.5) is 0 Å². The monoisotopic (exact) mass is 1090 g/mol. The number of carbonyl (C=O) groups is 9. The quantitative estimate of drug-likeness (QED) is 0.0262. The number of phenolic OH excluding ortho intramolecular Hbond substituents is 1. The van der Waals surface area contributed by atoms with E-state index in [1.165, 1.54) is 52.0 Å². The van der Waals surface area contributed by atoms with Crippen molar-refractivity contribution in [1.29, 1.82) is 10.8 Å². The molecule has 0 aliphatic carbocycles. The lowest BCUT2D eigenvalue weighted by Gasteiger charge is -2.38. The van der Waals surface area contributed by atoms with E-state index in [0.717, 1.165) is 21.6 Å². The van der Waals surface area contributed by atoms with Gasteiger partial charge in [-0.1, -0.05) is 67.8 Å². The summed E-state index contributed by atoms with van der Waals surface area (Å²) < 4.78 is 0. The molecule has 1 aromatic carbocycles. The van der Waals surface area contributed by atoms with E-state index < -0.39 is 113 Å². The van der Waals surface area contributed by atoms with Crippen LogP contribution in [0.2, 0.25) is 0 Å². The molecule has 1 saturated heterocycles. The van der Waals surface area contributed by atoms with Gasteiger partial charge < -0.3 is 80.6 Å². The Labute approximate surface area is 445 Å². The zero-order chi connectivity index (χ0) is 56.8. The Morgan fingerprint density at radius 3 is 1.93 bits per heavy atom. The minimum atomic E-state index is -2.00. The summed E-state index contributed by atoms with van der Waals surface area (Å²) in [4.78, 5) is 126. The highest BCUT2D eigenvalue weighted by atomic mass is 33.1. The Hall–Kier alpha value is -6.55. The molecule has 1 aliphatic rings. The van der Waals surface area contributed by atoms with Crippen molar-refractivity contribution in [3.63, 3.8) is 0 Å². The van der Waals surface area contributed by atoms with Crippen molar-refractivity contribution in [2.45, 2.75) is 154 Å². The van der Waals surface area contributed by atoms with Crippen LogP contribution in [0.25, 0.3) is 0 Å². The number of primary amides is 1. The van der Waals surface area contributed by atoms with Gasteiger partial charge in [0.05, 0.1) is 6.10 Å². The molecule has 1 aliphatic heterocycles. The van der Waals surface area contributed by atoms with Crippen molar-refractivity contribution in [3.8, 4) is 5.75 Å². The van der Waals surface area contributed by atoms with E-state index in [1.54, 1.807) is 13.8 Å². The number of hydrogen-bond acceptors (Lipinski definition) is 15. The van der Waals surface area contributed by atoms with Gasteiger partial charge in [0.15, 0.2) is 11.9 Å². The van der Waals surface area contributed by atoms with E-state index in [9.17, 15) is 53.4 Å². The molecule has 0 saturated carbocycles. The average molecular weight is 1090 g/mol. The third-order valence-electron chi connectivity index (χ3n) is 12.4. The molecule has 9 amide bonds. The minimum Gasteiger partial charge on any atom is -0.508 e. The first-order chi connectivity index (χ1) is 35.0. The van der Waals surface area contributed by atoms with Gasteiger partial charge in [0, 0.05) is 37.9 Å². The number of nitrogens with one attached hydrogen (secondary N) is 12. The van der Waals surface area contributed by atoms with Gasteiger partial charge in [-0.25, -0.2) is 0 Å². The molecule has 0 spiro atoms. The van der Waals surface area contributed by atoms with Crippen molar-refractivity contribution < 1.29 is 53.4 Å². The molecular weight excluding hydrogens is 1010 g/mol. The highest BCUT2D eigenvalue weighted by Crippen LogP contribution is 2.28. The number of amides is 9. The van der Waals surface area contributed by atoms with Crippen molar-refractivity contribution in [1.82, 2.24) is 53.2 Å². The Balaban J connectivity index is 2.81. The number of aromatic hydroxyl groups is 1. The number of hydrogen-bond donors (Lipinski definition) is 17. The molecule has 0 aromatic heterocycles. The van der Waals surface area contributed by atoms with Crippen LogP contribution in [0, 0.1) is 22.7 Å². The zero-order valence-electron chi connectivity index (χ0n) is 43.9. The lowest BCUT2D eigenvalue weighted by Crippen LogP contribution is -2.68. The molecule has 20 N–H and O–H groups in total. The van der Waals surface area contributed by atoms with Crippen LogP contribution >= 0.6 is 21.6 Å². The molecule has 2 rings (SSSR count). The molecule has 0 unspecified atom stereocenters. The van der Waals surface area contributed by atoms with Gasteiger partial charge in [0.1, 0.15) is 53.1 Å². The van der Waals surface area contributed by atoms with Gasteiger partial charge in [0.25, 0.3) is 0 Å². The number of benzene rings is 1. The Morgan fingerprint density at radius 1 is 0.800 bits per heavy atom. The topological polar surface area (TPSA) is 440 Å². The summed E-state index contributed by atoms with van der Waals surface area (Å²) in [6, 6.07) is -2.60. The molecule has 26 nitrogen and oxygen atoms in total. The zero-order valence-corrected chi connectivity index (χ0v) is 45.5. The fourth-order valence-electron chi connectivity index (χ4n) is 7.59. The SMILES string of the molecule is CC[C@H](C)[C@]1(C)NC(=O)[C@H](CC(C)C)NC(=O)[C@H](NC(C)=O)CSSC[C@](C)(C(=O)N[C@@H](CCCNC(=N)N)C(=O)N[C@@H](Cc2ccc(O)cc2)C(N)=O)NC(=O)[C@H](CCCNC(=N)N)NC(=O)[C@H]([C@@H](C)O)NC1=O. The molecule has 1 aromatic rings. The standard InChI is InChI=1S/C47H79N15O11S2/c1-9-25(4)47(8)43(73)60-35(26(5)63)41(71)56-31(13-11-19-54-45(51)52)39(69)61-46(7,23-75-74-22-34(55-27(6)64)38(68)58-33(20-24(2)3)40(70)62-47)42(72)59-30(12-10-18-53-44(49)50)37(67)57-32(36(48)66)21-28-14-16-29(65)17-15-28/h14-17,24-26,30-35,63,65H,9-13,18-23H2,1-8H3,(H2,48,66)(H,55,64)(H,56,71)(H,57,67)(H,58,68)(H,59,72)(H,60,73)(H,61,69)(H,62,70)(H4,49,50,53)(H4,51,52,54)/t25-,26+,30-,31-,32-,33-,34+,35-,46+,47-/m0/s1. The van der Waals surface area contributed by atoms with Gasteiger partial charge in [-0.2, -0.15) is 0 Å². The molecule has 10 atom stereocenters. The first kappa shape index (κ1) is 64.6. The van der Waals surface area contributed by atoms with Crippen LogP contribution in [0.1, 0.15) is 99.5 Å². The van der Waals surface area contributed by atoms with Crippen LogP contribution in [0.5, 0.6) is 5.75 Å². The van der Waals surface area contributed by atoms with Gasteiger partial charge in [-0.05, 0) is 82.4 Å². The van der Waals surface area contributed by atoms with Crippen LogP contribution in [0.15, 0.2) is 24.3 Å². The predicted molar refractivity (Wildman–Crippen MR) is 285 cm³/mol. The summed E-state index contributed by atoms with van der Waals surface area (Å²) in [6.45, 7) is 12.4. The van der Waals surface area contributed by atoms with Crippen LogP contribution in [0.3, 0.4) is 0 Å².